The van der Waals surface area contributed by atoms with Gasteiger partial charge >= 0.3 is 0 Å². The molecule has 4 heteroatoms. The first kappa shape index (κ1) is 9.01. The first-order valence-electron chi connectivity index (χ1n) is 4.47. The number of benzene rings is 2. The predicted molar refractivity (Wildman–Crippen MR) is 63.6 cm³/mol. The van der Waals surface area contributed by atoms with Crippen molar-refractivity contribution in [2.45, 2.75) is 0 Å². The quantitative estimate of drug-likeness (QED) is 0.628. The van der Waals surface area contributed by atoms with Crippen molar-refractivity contribution >= 4 is 44.9 Å². The highest BCUT2D eigenvalue weighted by Crippen LogP contribution is 2.34. The van der Waals surface area contributed by atoms with Crippen molar-refractivity contribution in [2.24, 2.45) is 0 Å². The topological polar surface area (TPSA) is 28.7 Å². The molecule has 0 unspecified atom stereocenters. The molecule has 0 spiro atoms. The number of nitrogens with one attached hydrogen (secondary N) is 1. The van der Waals surface area contributed by atoms with Gasteiger partial charge in [-0.05, 0) is 12.1 Å². The van der Waals surface area contributed by atoms with Gasteiger partial charge in [0.25, 0.3) is 0 Å². The molecule has 0 saturated carbocycles. The standard InChI is InChI=1S/C11H6Cl2N2/c12-8-3-1-2-7-10(8)9(13)4-6-5-14-15-11(6)7/h1-5H,(H,14,15). The Morgan fingerprint density at radius 3 is 2.87 bits per heavy atom. The van der Waals surface area contributed by atoms with Crippen LogP contribution < -0.4 is 0 Å². The van der Waals surface area contributed by atoms with E-state index in [0.717, 1.165) is 21.7 Å². The van der Waals surface area contributed by atoms with Crippen LogP contribution in [0.1, 0.15) is 0 Å². The normalized spacial score (nSPS) is 11.3. The van der Waals surface area contributed by atoms with E-state index < -0.39 is 0 Å². The minimum absolute atomic E-state index is 0.657. The smallest absolute Gasteiger partial charge is 0.0730 e. The van der Waals surface area contributed by atoms with Crippen LogP contribution in [0, 0.1) is 0 Å². The van der Waals surface area contributed by atoms with Gasteiger partial charge in [-0.15, -0.1) is 0 Å². The maximum absolute atomic E-state index is 6.17. The summed E-state index contributed by atoms with van der Waals surface area (Å²) in [5.74, 6) is 0. The lowest BCUT2D eigenvalue weighted by molar-refractivity contribution is 1.12. The Balaban J connectivity index is 2.67. The summed E-state index contributed by atoms with van der Waals surface area (Å²) < 4.78 is 0. The van der Waals surface area contributed by atoms with E-state index in [0.29, 0.717) is 10.0 Å². The number of aromatic amines is 1. The summed E-state index contributed by atoms with van der Waals surface area (Å²) in [6.07, 6.45) is 1.75. The molecule has 0 bridgehead atoms. The summed E-state index contributed by atoms with van der Waals surface area (Å²) in [6.45, 7) is 0. The van der Waals surface area contributed by atoms with E-state index in [1.807, 2.05) is 24.3 Å². The number of fused-ring (bicyclic) bond motifs is 3. The summed E-state index contributed by atoms with van der Waals surface area (Å²) in [5.41, 5.74) is 0.969. The third-order valence-electron chi connectivity index (χ3n) is 2.47. The third-order valence-corrected chi connectivity index (χ3v) is 3.09. The molecule has 3 aromatic rings. The Kier molecular flexibility index (Phi) is 1.87. The van der Waals surface area contributed by atoms with Crippen molar-refractivity contribution in [3.8, 4) is 0 Å². The fourth-order valence-corrected chi connectivity index (χ4v) is 2.45. The van der Waals surface area contributed by atoms with E-state index in [-0.39, 0.29) is 0 Å². The van der Waals surface area contributed by atoms with Gasteiger partial charge in [0.1, 0.15) is 0 Å². The number of rotatable bonds is 0. The van der Waals surface area contributed by atoms with Crippen LogP contribution in [0.2, 0.25) is 10.0 Å². The van der Waals surface area contributed by atoms with Crippen LogP contribution in [0.15, 0.2) is 30.5 Å². The summed E-state index contributed by atoms with van der Waals surface area (Å²) in [6, 6.07) is 7.58. The number of nitrogens with zero attached hydrogens (tertiary/aromatic N) is 1. The molecule has 0 aliphatic heterocycles. The van der Waals surface area contributed by atoms with Crippen LogP contribution in [0.25, 0.3) is 21.7 Å². The molecular formula is C11H6Cl2N2. The lowest BCUT2D eigenvalue weighted by Gasteiger charge is -2.03. The lowest BCUT2D eigenvalue weighted by Crippen LogP contribution is -1.79. The van der Waals surface area contributed by atoms with Crippen molar-refractivity contribution in [1.29, 1.82) is 0 Å². The van der Waals surface area contributed by atoms with Crippen molar-refractivity contribution < 1.29 is 0 Å². The summed E-state index contributed by atoms with van der Waals surface area (Å²) in [7, 11) is 0. The molecule has 0 aliphatic carbocycles. The van der Waals surface area contributed by atoms with Gasteiger partial charge in [0.05, 0.1) is 16.7 Å². The van der Waals surface area contributed by atoms with Gasteiger partial charge < -0.3 is 0 Å². The fraction of sp³-hybridized carbons (Fsp3) is 0. The number of aromatic nitrogens is 2. The van der Waals surface area contributed by atoms with Crippen molar-refractivity contribution in [3.05, 3.63) is 40.5 Å². The Morgan fingerprint density at radius 2 is 2.00 bits per heavy atom. The molecule has 0 atom stereocenters. The SMILES string of the molecule is Clc1cccc2c1c(Cl)cc1cn[nH]c12. The molecular weight excluding hydrogens is 231 g/mol. The highest BCUT2D eigenvalue weighted by Gasteiger charge is 2.08. The second-order valence-electron chi connectivity index (χ2n) is 3.36. The van der Waals surface area contributed by atoms with Gasteiger partial charge in [0.15, 0.2) is 0 Å². The number of H-pyrrole nitrogens is 1. The monoisotopic (exact) mass is 236 g/mol. The molecule has 0 amide bonds. The van der Waals surface area contributed by atoms with Gasteiger partial charge in [-0.2, -0.15) is 5.10 Å². The summed E-state index contributed by atoms with van der Waals surface area (Å²) in [5, 5.41) is 11.1. The maximum atomic E-state index is 6.17. The Hall–Kier alpha value is -1.25. The second-order valence-corrected chi connectivity index (χ2v) is 4.17. The number of hydrogen-bond donors (Lipinski definition) is 1. The minimum Gasteiger partial charge on any atom is -0.277 e. The molecule has 0 radical (unpaired) electrons. The van der Waals surface area contributed by atoms with E-state index >= 15 is 0 Å². The molecule has 15 heavy (non-hydrogen) atoms. The van der Waals surface area contributed by atoms with Gasteiger partial charge in [-0.1, -0.05) is 35.3 Å². The Morgan fingerprint density at radius 1 is 1.13 bits per heavy atom. The molecule has 74 valence electrons. The third kappa shape index (κ3) is 1.22. The van der Waals surface area contributed by atoms with Crippen LogP contribution in [-0.4, -0.2) is 10.2 Å². The Bertz CT molecular complexity index is 658. The van der Waals surface area contributed by atoms with Gasteiger partial charge in [0.2, 0.25) is 0 Å². The van der Waals surface area contributed by atoms with Crippen LogP contribution in [0.5, 0.6) is 0 Å². The molecule has 3 rings (SSSR count). The molecule has 1 aromatic heterocycles. The first-order chi connectivity index (χ1) is 7.27. The molecule has 0 aliphatic rings. The van der Waals surface area contributed by atoms with Gasteiger partial charge in [-0.25, -0.2) is 0 Å². The summed E-state index contributed by atoms with van der Waals surface area (Å²) in [4.78, 5) is 0. The van der Waals surface area contributed by atoms with Crippen LogP contribution in [-0.2, 0) is 0 Å². The molecule has 0 saturated heterocycles. The van der Waals surface area contributed by atoms with E-state index in [9.17, 15) is 0 Å². The number of halogens is 2. The molecule has 1 heterocycles. The van der Waals surface area contributed by atoms with Crippen molar-refractivity contribution in [3.63, 3.8) is 0 Å². The summed E-state index contributed by atoms with van der Waals surface area (Å²) >= 11 is 12.3. The second kappa shape index (κ2) is 3.12. The van der Waals surface area contributed by atoms with Crippen LogP contribution in [0.3, 0.4) is 0 Å². The Labute approximate surface area is 95.8 Å². The van der Waals surface area contributed by atoms with E-state index in [4.69, 9.17) is 23.2 Å². The van der Waals surface area contributed by atoms with Gasteiger partial charge in [0, 0.05) is 21.2 Å². The maximum Gasteiger partial charge on any atom is 0.0730 e. The largest absolute Gasteiger partial charge is 0.277 e. The highest BCUT2D eigenvalue weighted by molar-refractivity contribution is 6.43. The van der Waals surface area contributed by atoms with Crippen LogP contribution >= 0.6 is 23.2 Å². The molecule has 0 fully saturated rings. The van der Waals surface area contributed by atoms with Crippen LogP contribution in [0.4, 0.5) is 0 Å². The lowest BCUT2D eigenvalue weighted by atomic mass is 10.1. The zero-order valence-electron chi connectivity index (χ0n) is 7.59. The number of hydrogen-bond acceptors (Lipinski definition) is 1. The van der Waals surface area contributed by atoms with E-state index in [1.54, 1.807) is 6.20 Å². The zero-order valence-corrected chi connectivity index (χ0v) is 9.10. The van der Waals surface area contributed by atoms with Crippen molar-refractivity contribution in [2.75, 3.05) is 0 Å². The van der Waals surface area contributed by atoms with E-state index in [2.05, 4.69) is 10.2 Å². The van der Waals surface area contributed by atoms with E-state index in [1.165, 1.54) is 0 Å². The highest BCUT2D eigenvalue weighted by atomic mass is 35.5. The fourth-order valence-electron chi connectivity index (χ4n) is 1.80. The molecule has 2 aromatic carbocycles. The molecule has 2 nitrogen and oxygen atoms in total. The first-order valence-corrected chi connectivity index (χ1v) is 5.23. The molecule has 1 N–H and O–H groups in total. The van der Waals surface area contributed by atoms with Gasteiger partial charge in [-0.3, -0.25) is 5.10 Å². The average Bonchev–Trinajstić information content (AvgIpc) is 2.65. The van der Waals surface area contributed by atoms with Crippen molar-refractivity contribution in [1.82, 2.24) is 10.2 Å². The minimum atomic E-state index is 0.657. The zero-order chi connectivity index (χ0) is 10.4. The predicted octanol–water partition coefficient (Wildman–Crippen LogP) is 4.02. The average molecular weight is 237 g/mol.